The first kappa shape index (κ1) is 12.8. The van der Waals surface area contributed by atoms with E-state index in [9.17, 15) is 4.79 Å². The maximum Gasteiger partial charge on any atom is 0.236 e. The molecule has 98 valence electrons. The third kappa shape index (κ3) is 3.68. The second kappa shape index (κ2) is 5.83. The minimum Gasteiger partial charge on any atom is -0.342 e. The van der Waals surface area contributed by atoms with Crippen molar-refractivity contribution in [1.82, 2.24) is 9.80 Å². The predicted octanol–water partition coefficient (Wildman–Crippen LogP) is 0.668. The summed E-state index contributed by atoms with van der Waals surface area (Å²) in [5, 5.41) is 0. The van der Waals surface area contributed by atoms with E-state index in [0.29, 0.717) is 18.4 Å². The Morgan fingerprint density at radius 2 is 1.94 bits per heavy atom. The summed E-state index contributed by atoms with van der Waals surface area (Å²) in [5.74, 6) is 0.916. The maximum absolute atomic E-state index is 12.1. The highest BCUT2D eigenvalue weighted by atomic mass is 16.2. The van der Waals surface area contributed by atoms with Crippen LogP contribution in [0.4, 0.5) is 0 Å². The smallest absolute Gasteiger partial charge is 0.236 e. The number of nitrogens with two attached hydrogens (primary N) is 1. The van der Waals surface area contributed by atoms with Gasteiger partial charge in [0.1, 0.15) is 0 Å². The maximum atomic E-state index is 12.1. The number of amides is 1. The molecule has 0 aromatic heterocycles. The van der Waals surface area contributed by atoms with Crippen LogP contribution < -0.4 is 5.73 Å². The molecule has 2 N–H and O–H groups in total. The van der Waals surface area contributed by atoms with Crippen LogP contribution >= 0.6 is 0 Å². The molecular weight excluding hydrogens is 214 g/mol. The lowest BCUT2D eigenvalue weighted by Gasteiger charge is -2.36. The fourth-order valence-corrected chi connectivity index (χ4v) is 3.08. The highest BCUT2D eigenvalue weighted by Crippen LogP contribution is 2.15. The molecule has 2 fully saturated rings. The van der Waals surface area contributed by atoms with Gasteiger partial charge in [-0.05, 0) is 31.6 Å². The Labute approximate surface area is 104 Å². The van der Waals surface area contributed by atoms with E-state index in [1.807, 2.05) is 4.90 Å². The molecule has 2 aliphatic heterocycles. The molecule has 0 bridgehead atoms. The van der Waals surface area contributed by atoms with Gasteiger partial charge in [0.2, 0.25) is 5.91 Å². The first-order valence-corrected chi connectivity index (χ1v) is 6.91. The van der Waals surface area contributed by atoms with Crippen LogP contribution in [0.15, 0.2) is 0 Å². The van der Waals surface area contributed by atoms with Crippen LogP contribution in [0, 0.1) is 5.92 Å². The lowest BCUT2D eigenvalue weighted by molar-refractivity contribution is -0.133. The normalized spacial score (nSPS) is 31.5. The molecule has 2 saturated heterocycles. The van der Waals surface area contributed by atoms with E-state index in [4.69, 9.17) is 5.73 Å². The number of nitrogens with zero attached hydrogens (tertiary/aromatic N) is 2. The van der Waals surface area contributed by atoms with Crippen LogP contribution in [0.5, 0.6) is 0 Å². The van der Waals surface area contributed by atoms with Gasteiger partial charge in [0, 0.05) is 32.2 Å². The molecule has 2 rings (SSSR count). The van der Waals surface area contributed by atoms with E-state index in [0.717, 1.165) is 32.6 Å². The fourth-order valence-electron chi connectivity index (χ4n) is 3.08. The quantitative estimate of drug-likeness (QED) is 0.770. The average Bonchev–Trinajstić information content (AvgIpc) is 2.28. The summed E-state index contributed by atoms with van der Waals surface area (Å²) in [6.45, 7) is 6.59. The predicted molar refractivity (Wildman–Crippen MR) is 68.6 cm³/mol. The number of carbonyl (C=O) groups is 1. The summed E-state index contributed by atoms with van der Waals surface area (Å²) >= 11 is 0. The van der Waals surface area contributed by atoms with Gasteiger partial charge in [0.15, 0.2) is 0 Å². The third-order valence-electron chi connectivity index (χ3n) is 3.84. The summed E-state index contributed by atoms with van der Waals surface area (Å²) in [6, 6.07) is 0.243. The van der Waals surface area contributed by atoms with Crippen molar-refractivity contribution in [3.8, 4) is 0 Å². The minimum atomic E-state index is 0.243. The number of rotatable bonds is 2. The Bertz CT molecular complexity index is 253. The third-order valence-corrected chi connectivity index (χ3v) is 3.84. The van der Waals surface area contributed by atoms with Crippen molar-refractivity contribution in [3.05, 3.63) is 0 Å². The van der Waals surface area contributed by atoms with Crippen molar-refractivity contribution in [3.63, 3.8) is 0 Å². The zero-order valence-electron chi connectivity index (χ0n) is 10.9. The number of hydrogen-bond donors (Lipinski definition) is 1. The van der Waals surface area contributed by atoms with Crippen LogP contribution in [-0.4, -0.2) is 54.5 Å². The van der Waals surface area contributed by atoms with Gasteiger partial charge in [-0.25, -0.2) is 0 Å². The zero-order valence-corrected chi connectivity index (χ0v) is 10.9. The molecule has 17 heavy (non-hydrogen) atoms. The molecule has 2 atom stereocenters. The first-order chi connectivity index (χ1) is 8.15. The Kier molecular flexibility index (Phi) is 4.40. The second-order valence-electron chi connectivity index (χ2n) is 5.74. The summed E-state index contributed by atoms with van der Waals surface area (Å²) in [5.41, 5.74) is 6.00. The lowest BCUT2D eigenvalue weighted by Crippen LogP contribution is -2.50. The Hall–Kier alpha value is -0.610. The van der Waals surface area contributed by atoms with Crippen LogP contribution in [0.3, 0.4) is 0 Å². The van der Waals surface area contributed by atoms with Gasteiger partial charge in [-0.15, -0.1) is 0 Å². The van der Waals surface area contributed by atoms with Gasteiger partial charge < -0.3 is 10.6 Å². The average molecular weight is 239 g/mol. The monoisotopic (exact) mass is 239 g/mol. The molecule has 0 spiro atoms. The summed E-state index contributed by atoms with van der Waals surface area (Å²) in [6.07, 6.45) is 4.70. The van der Waals surface area contributed by atoms with Gasteiger partial charge in [0.25, 0.3) is 0 Å². The van der Waals surface area contributed by atoms with E-state index in [-0.39, 0.29) is 6.04 Å². The number of piperidine rings is 2. The van der Waals surface area contributed by atoms with Crippen molar-refractivity contribution >= 4 is 5.91 Å². The molecule has 4 heteroatoms. The van der Waals surface area contributed by atoms with Crippen molar-refractivity contribution in [2.45, 2.75) is 38.6 Å². The molecular formula is C13H25N3O. The largest absolute Gasteiger partial charge is 0.342 e. The fraction of sp³-hybridized carbons (Fsp3) is 0.923. The van der Waals surface area contributed by atoms with Crippen LogP contribution in [0.25, 0.3) is 0 Å². The van der Waals surface area contributed by atoms with E-state index in [1.165, 1.54) is 19.3 Å². The summed E-state index contributed by atoms with van der Waals surface area (Å²) in [7, 11) is 0. The van der Waals surface area contributed by atoms with Crippen molar-refractivity contribution in [2.24, 2.45) is 11.7 Å². The van der Waals surface area contributed by atoms with Crippen molar-refractivity contribution in [2.75, 3.05) is 32.7 Å². The Morgan fingerprint density at radius 3 is 2.59 bits per heavy atom. The zero-order chi connectivity index (χ0) is 12.3. The Morgan fingerprint density at radius 1 is 1.24 bits per heavy atom. The van der Waals surface area contributed by atoms with Crippen molar-refractivity contribution < 1.29 is 4.79 Å². The molecule has 0 radical (unpaired) electrons. The topological polar surface area (TPSA) is 49.6 Å². The SMILES string of the molecule is CC1CC(N)CN(CC(=O)N2CCCCC2)C1. The molecule has 1 amide bonds. The number of carbonyl (C=O) groups excluding carboxylic acids is 1. The standard InChI is InChI=1S/C13H25N3O/c1-11-7-12(14)9-15(8-11)10-13(17)16-5-3-2-4-6-16/h11-12H,2-10,14H2,1H3. The first-order valence-electron chi connectivity index (χ1n) is 6.91. The number of likely N-dealkylation sites (tertiary alicyclic amines) is 2. The van der Waals surface area contributed by atoms with Gasteiger partial charge in [-0.1, -0.05) is 6.92 Å². The van der Waals surface area contributed by atoms with E-state index >= 15 is 0 Å². The molecule has 0 aliphatic carbocycles. The van der Waals surface area contributed by atoms with Gasteiger partial charge in [0.05, 0.1) is 6.54 Å². The van der Waals surface area contributed by atoms with Crippen molar-refractivity contribution in [1.29, 1.82) is 0 Å². The molecule has 0 aromatic rings. The minimum absolute atomic E-state index is 0.243. The van der Waals surface area contributed by atoms with Crippen LogP contribution in [0.1, 0.15) is 32.6 Å². The molecule has 0 aromatic carbocycles. The number of hydrogen-bond acceptors (Lipinski definition) is 3. The van der Waals surface area contributed by atoms with Crippen LogP contribution in [0.2, 0.25) is 0 Å². The molecule has 4 nitrogen and oxygen atoms in total. The highest BCUT2D eigenvalue weighted by Gasteiger charge is 2.25. The van der Waals surface area contributed by atoms with Crippen LogP contribution in [-0.2, 0) is 4.79 Å². The molecule has 2 heterocycles. The van der Waals surface area contributed by atoms with Gasteiger partial charge in [-0.2, -0.15) is 0 Å². The summed E-state index contributed by atoms with van der Waals surface area (Å²) < 4.78 is 0. The molecule has 0 saturated carbocycles. The molecule has 2 unspecified atom stereocenters. The second-order valence-corrected chi connectivity index (χ2v) is 5.74. The summed E-state index contributed by atoms with van der Waals surface area (Å²) in [4.78, 5) is 16.4. The molecule has 2 aliphatic rings. The lowest BCUT2D eigenvalue weighted by atomic mass is 9.96. The van der Waals surface area contributed by atoms with E-state index in [1.54, 1.807) is 0 Å². The van der Waals surface area contributed by atoms with E-state index < -0.39 is 0 Å². The highest BCUT2D eigenvalue weighted by molar-refractivity contribution is 5.78. The van der Waals surface area contributed by atoms with E-state index in [2.05, 4.69) is 11.8 Å². The van der Waals surface area contributed by atoms with Gasteiger partial charge >= 0.3 is 0 Å². The van der Waals surface area contributed by atoms with Gasteiger partial charge in [-0.3, -0.25) is 9.69 Å². The Balaban J connectivity index is 1.80.